The second-order valence-corrected chi connectivity index (χ2v) is 11.4. The molecule has 9 heteroatoms. The van der Waals surface area contributed by atoms with E-state index in [0.717, 1.165) is 52.4 Å². The number of aromatic nitrogens is 1. The van der Waals surface area contributed by atoms with Crippen LogP contribution < -0.4 is 0 Å². The number of hydrogen-bond donors (Lipinski definition) is 1. The summed E-state index contributed by atoms with van der Waals surface area (Å²) >= 11 is 0. The van der Waals surface area contributed by atoms with Gasteiger partial charge in [0.05, 0.1) is 24.9 Å². The van der Waals surface area contributed by atoms with Crippen LogP contribution in [0.25, 0.3) is 0 Å². The third-order valence-electron chi connectivity index (χ3n) is 7.46. The van der Waals surface area contributed by atoms with E-state index in [-0.39, 0.29) is 11.5 Å². The molecular weight excluding hydrogens is 446 g/mol. The van der Waals surface area contributed by atoms with E-state index in [0.29, 0.717) is 37.3 Å². The summed E-state index contributed by atoms with van der Waals surface area (Å²) in [5.41, 5.74) is 0.186. The first-order chi connectivity index (χ1) is 16.8. The molecule has 1 N–H and O–H groups in total. The maximum absolute atomic E-state index is 13.0. The summed E-state index contributed by atoms with van der Waals surface area (Å²) in [6.45, 7) is 14.5. The lowest BCUT2D eigenvalue weighted by molar-refractivity contribution is -0.0588. The summed E-state index contributed by atoms with van der Waals surface area (Å²) in [4.78, 5) is 26.6. The number of β-amino-alcohol motifs (C(OH)–C–C–N with tert-alkyl or cyclic N) is 1. The van der Waals surface area contributed by atoms with Gasteiger partial charge in [0.15, 0.2) is 5.69 Å². The molecule has 1 atom stereocenters. The average molecular weight is 492 g/mol. The van der Waals surface area contributed by atoms with Crippen LogP contribution in [0.4, 0.5) is 0 Å². The van der Waals surface area contributed by atoms with Gasteiger partial charge in [0.25, 0.3) is 5.91 Å². The number of hydrogen-bond acceptors (Lipinski definition) is 8. The zero-order valence-corrected chi connectivity index (χ0v) is 22.0. The normalized spacial score (nSPS) is 23.0. The number of oxazole rings is 1. The minimum absolute atomic E-state index is 0.0143. The van der Waals surface area contributed by atoms with E-state index in [9.17, 15) is 9.90 Å². The molecule has 3 heterocycles. The van der Waals surface area contributed by atoms with Crippen LogP contribution in [-0.2, 0) is 11.3 Å². The number of amides is 1. The van der Waals surface area contributed by atoms with E-state index in [4.69, 9.17) is 9.15 Å². The maximum Gasteiger partial charge on any atom is 0.275 e. The second-order valence-electron chi connectivity index (χ2n) is 11.4. The van der Waals surface area contributed by atoms with Gasteiger partial charge in [0.1, 0.15) is 6.26 Å². The van der Waals surface area contributed by atoms with Gasteiger partial charge < -0.3 is 19.2 Å². The number of aliphatic hydroxyl groups is 1. The second kappa shape index (κ2) is 12.1. The molecule has 4 rings (SSSR count). The lowest BCUT2D eigenvalue weighted by atomic mass is 9.94. The minimum atomic E-state index is -0.481. The van der Waals surface area contributed by atoms with Crippen LogP contribution in [0.2, 0.25) is 0 Å². The van der Waals surface area contributed by atoms with E-state index >= 15 is 0 Å². The fourth-order valence-corrected chi connectivity index (χ4v) is 5.40. The molecule has 1 saturated carbocycles. The Morgan fingerprint density at radius 2 is 1.71 bits per heavy atom. The van der Waals surface area contributed by atoms with Crippen LogP contribution in [0.1, 0.15) is 69.3 Å². The van der Waals surface area contributed by atoms with Crippen LogP contribution in [0.15, 0.2) is 10.7 Å². The van der Waals surface area contributed by atoms with E-state index in [1.165, 1.54) is 38.4 Å². The van der Waals surface area contributed by atoms with Crippen molar-refractivity contribution in [2.24, 2.45) is 0 Å². The number of aliphatic hydroxyl groups excluding tert-OH is 1. The zero-order chi connectivity index (χ0) is 24.8. The van der Waals surface area contributed by atoms with Crippen molar-refractivity contribution in [1.82, 2.24) is 24.6 Å². The Kier molecular flexibility index (Phi) is 9.21. The highest BCUT2D eigenvalue weighted by atomic mass is 16.5. The molecule has 1 amide bonds. The Morgan fingerprint density at radius 1 is 1.06 bits per heavy atom. The molecule has 1 aliphatic carbocycles. The molecule has 0 spiro atoms. The highest BCUT2D eigenvalue weighted by Gasteiger charge is 2.29. The maximum atomic E-state index is 13.0. The number of rotatable bonds is 8. The van der Waals surface area contributed by atoms with Crippen molar-refractivity contribution in [1.29, 1.82) is 0 Å². The molecule has 3 aliphatic rings. The van der Waals surface area contributed by atoms with Crippen LogP contribution >= 0.6 is 0 Å². The summed E-state index contributed by atoms with van der Waals surface area (Å²) in [6, 6.07) is 0.709. The smallest absolute Gasteiger partial charge is 0.275 e. The van der Waals surface area contributed by atoms with Crippen molar-refractivity contribution in [2.45, 2.75) is 77.2 Å². The summed E-state index contributed by atoms with van der Waals surface area (Å²) in [5.74, 6) is 0.584. The Balaban J connectivity index is 1.17. The summed E-state index contributed by atoms with van der Waals surface area (Å²) in [5, 5.41) is 10.3. The number of piperazine rings is 2. The molecule has 3 fully saturated rings. The Bertz CT molecular complexity index is 788. The molecule has 9 nitrogen and oxygen atoms in total. The molecule has 1 unspecified atom stereocenters. The molecular formula is C26H45N5O4. The third kappa shape index (κ3) is 7.98. The zero-order valence-electron chi connectivity index (χ0n) is 22.0. The standard InChI is InChI=1S/C26H45N5O4/c1-26(2,3)35-19-22(32)17-28-9-11-29(12-10-28)18-24-27-23(20-34-24)25(33)31-15-13-30(14-16-31)21-7-5-4-6-8-21/h20-22,32H,4-19H2,1-3H3. The van der Waals surface area contributed by atoms with E-state index < -0.39 is 6.10 Å². The minimum Gasteiger partial charge on any atom is -0.447 e. The van der Waals surface area contributed by atoms with Gasteiger partial charge in [0.2, 0.25) is 5.89 Å². The first-order valence-electron chi connectivity index (χ1n) is 13.5. The molecule has 0 aromatic carbocycles. The Hall–Kier alpha value is -1.52. The monoisotopic (exact) mass is 491 g/mol. The molecule has 198 valence electrons. The number of nitrogens with zero attached hydrogens (tertiary/aromatic N) is 5. The SMILES string of the molecule is CC(C)(C)OCC(O)CN1CCN(Cc2nc(C(=O)N3CCN(C4CCCCC4)CC3)co2)CC1. The molecule has 2 aliphatic heterocycles. The number of carbonyl (C=O) groups excluding carboxylic acids is 1. The largest absolute Gasteiger partial charge is 0.447 e. The molecule has 35 heavy (non-hydrogen) atoms. The van der Waals surface area contributed by atoms with Gasteiger partial charge in [-0.25, -0.2) is 4.98 Å². The molecule has 1 aromatic rings. The quantitative estimate of drug-likeness (QED) is 0.592. The van der Waals surface area contributed by atoms with Crippen molar-refractivity contribution in [3.05, 3.63) is 17.8 Å². The van der Waals surface area contributed by atoms with Gasteiger partial charge >= 0.3 is 0 Å². The fourth-order valence-electron chi connectivity index (χ4n) is 5.40. The molecule has 0 radical (unpaired) electrons. The highest BCUT2D eigenvalue weighted by Crippen LogP contribution is 2.24. The van der Waals surface area contributed by atoms with E-state index in [1.54, 1.807) is 0 Å². The predicted molar refractivity (Wildman–Crippen MR) is 134 cm³/mol. The Morgan fingerprint density at radius 3 is 2.37 bits per heavy atom. The van der Waals surface area contributed by atoms with Gasteiger partial charge in [0, 0.05) is 64.9 Å². The van der Waals surface area contributed by atoms with Gasteiger partial charge in [-0.3, -0.25) is 19.5 Å². The highest BCUT2D eigenvalue weighted by molar-refractivity contribution is 5.92. The third-order valence-corrected chi connectivity index (χ3v) is 7.46. The van der Waals surface area contributed by atoms with Crippen LogP contribution in [0.3, 0.4) is 0 Å². The van der Waals surface area contributed by atoms with Crippen molar-refractivity contribution in [2.75, 3.05) is 65.5 Å². The average Bonchev–Trinajstić information content (AvgIpc) is 3.32. The van der Waals surface area contributed by atoms with Crippen LogP contribution in [-0.4, -0.2) is 119 Å². The predicted octanol–water partition coefficient (Wildman–Crippen LogP) is 2.06. The van der Waals surface area contributed by atoms with Gasteiger partial charge in [-0.05, 0) is 33.6 Å². The van der Waals surface area contributed by atoms with E-state index in [2.05, 4.69) is 19.7 Å². The first-order valence-corrected chi connectivity index (χ1v) is 13.5. The van der Waals surface area contributed by atoms with E-state index in [1.807, 2.05) is 25.7 Å². The summed E-state index contributed by atoms with van der Waals surface area (Å²) in [7, 11) is 0. The van der Waals surface area contributed by atoms with Gasteiger partial charge in [-0.15, -0.1) is 0 Å². The first kappa shape index (κ1) is 26.5. The lowest BCUT2D eigenvalue weighted by Gasteiger charge is -2.40. The van der Waals surface area contributed by atoms with Crippen molar-refractivity contribution >= 4 is 5.91 Å². The van der Waals surface area contributed by atoms with Crippen LogP contribution in [0.5, 0.6) is 0 Å². The van der Waals surface area contributed by atoms with Gasteiger partial charge in [-0.2, -0.15) is 0 Å². The number of carbonyl (C=O) groups is 1. The summed E-state index contributed by atoms with van der Waals surface area (Å²) < 4.78 is 11.4. The van der Waals surface area contributed by atoms with Crippen molar-refractivity contribution in [3.63, 3.8) is 0 Å². The van der Waals surface area contributed by atoms with Crippen molar-refractivity contribution < 1.29 is 19.1 Å². The molecule has 2 saturated heterocycles. The molecule has 1 aromatic heterocycles. The van der Waals surface area contributed by atoms with Crippen LogP contribution in [0, 0.1) is 0 Å². The summed E-state index contributed by atoms with van der Waals surface area (Å²) in [6.07, 6.45) is 7.71. The number of ether oxygens (including phenoxy) is 1. The lowest BCUT2D eigenvalue weighted by Crippen LogP contribution is -2.52. The molecule has 0 bridgehead atoms. The fraction of sp³-hybridized carbons (Fsp3) is 0.846. The van der Waals surface area contributed by atoms with Gasteiger partial charge in [-0.1, -0.05) is 19.3 Å². The topological polar surface area (TPSA) is 85.5 Å². The Labute approximate surface area is 210 Å². The van der Waals surface area contributed by atoms with Crippen molar-refractivity contribution in [3.8, 4) is 0 Å².